The molecule has 0 fully saturated rings. The standard InChI is InChI=1S/C19H23BrO6/c1-22-12-6-7-13(14(10-12)19(25-4)26-5)17(21)11-8-15(20)18(24-3)16(9-11)23-2/h6-10,17,19,21H,1-5H3. The molecule has 0 bridgehead atoms. The molecule has 0 saturated carbocycles. The van der Waals surface area contributed by atoms with Gasteiger partial charge in [-0.3, -0.25) is 0 Å². The number of methoxy groups -OCH3 is 5. The highest BCUT2D eigenvalue weighted by Gasteiger charge is 2.23. The minimum Gasteiger partial charge on any atom is -0.497 e. The lowest BCUT2D eigenvalue weighted by Gasteiger charge is -2.22. The lowest BCUT2D eigenvalue weighted by Crippen LogP contribution is -2.11. The Bertz CT molecular complexity index is 745. The summed E-state index contributed by atoms with van der Waals surface area (Å²) in [4.78, 5) is 0. The zero-order valence-electron chi connectivity index (χ0n) is 15.4. The van der Waals surface area contributed by atoms with Crippen LogP contribution < -0.4 is 14.2 Å². The van der Waals surface area contributed by atoms with Crippen molar-refractivity contribution in [3.8, 4) is 17.2 Å². The number of halogens is 1. The van der Waals surface area contributed by atoms with Crippen molar-refractivity contribution in [3.63, 3.8) is 0 Å². The topological polar surface area (TPSA) is 66.4 Å². The van der Waals surface area contributed by atoms with Crippen LogP contribution >= 0.6 is 15.9 Å². The van der Waals surface area contributed by atoms with Crippen LogP contribution in [0.1, 0.15) is 29.1 Å². The van der Waals surface area contributed by atoms with Gasteiger partial charge in [0.15, 0.2) is 17.8 Å². The molecule has 0 aliphatic carbocycles. The molecule has 142 valence electrons. The molecular weight excluding hydrogens is 404 g/mol. The summed E-state index contributed by atoms with van der Waals surface area (Å²) in [6, 6.07) is 8.87. The Morgan fingerprint density at radius 3 is 2.08 bits per heavy atom. The molecule has 0 aliphatic heterocycles. The summed E-state index contributed by atoms with van der Waals surface area (Å²) >= 11 is 3.45. The molecule has 7 heteroatoms. The largest absolute Gasteiger partial charge is 0.497 e. The third-order valence-electron chi connectivity index (χ3n) is 4.04. The van der Waals surface area contributed by atoms with E-state index in [9.17, 15) is 5.11 Å². The van der Waals surface area contributed by atoms with Crippen molar-refractivity contribution in [2.24, 2.45) is 0 Å². The first-order valence-corrected chi connectivity index (χ1v) is 8.62. The zero-order valence-corrected chi connectivity index (χ0v) is 17.0. The average molecular weight is 427 g/mol. The summed E-state index contributed by atoms with van der Waals surface area (Å²) in [6.45, 7) is 0. The van der Waals surface area contributed by atoms with Crippen molar-refractivity contribution < 1.29 is 28.8 Å². The molecule has 0 heterocycles. The number of hydrogen-bond donors (Lipinski definition) is 1. The number of rotatable bonds is 8. The van der Waals surface area contributed by atoms with E-state index < -0.39 is 12.4 Å². The molecule has 0 amide bonds. The highest BCUT2D eigenvalue weighted by Crippen LogP contribution is 2.40. The van der Waals surface area contributed by atoms with Crippen LogP contribution in [0.4, 0.5) is 0 Å². The number of aliphatic hydroxyl groups excluding tert-OH is 1. The lowest BCUT2D eigenvalue weighted by molar-refractivity contribution is -0.107. The van der Waals surface area contributed by atoms with E-state index in [4.69, 9.17) is 23.7 Å². The Morgan fingerprint density at radius 2 is 1.54 bits per heavy atom. The second-order valence-electron chi connectivity index (χ2n) is 5.44. The van der Waals surface area contributed by atoms with Gasteiger partial charge in [-0.25, -0.2) is 0 Å². The smallest absolute Gasteiger partial charge is 0.183 e. The van der Waals surface area contributed by atoms with Gasteiger partial charge in [-0.1, -0.05) is 6.07 Å². The van der Waals surface area contributed by atoms with Crippen LogP contribution in [0.15, 0.2) is 34.8 Å². The summed E-state index contributed by atoms with van der Waals surface area (Å²) in [7, 11) is 7.76. The quantitative estimate of drug-likeness (QED) is 0.646. The van der Waals surface area contributed by atoms with Crippen LogP contribution in [0, 0.1) is 0 Å². The maximum atomic E-state index is 11.0. The fraction of sp³-hybridized carbons (Fsp3) is 0.368. The molecule has 6 nitrogen and oxygen atoms in total. The van der Waals surface area contributed by atoms with Crippen molar-refractivity contribution >= 4 is 15.9 Å². The molecule has 1 unspecified atom stereocenters. The van der Waals surface area contributed by atoms with Gasteiger partial charge in [-0.2, -0.15) is 0 Å². The Labute approximate surface area is 161 Å². The van der Waals surface area contributed by atoms with E-state index in [0.717, 1.165) is 0 Å². The average Bonchev–Trinajstić information content (AvgIpc) is 2.67. The Balaban J connectivity index is 2.56. The van der Waals surface area contributed by atoms with Crippen molar-refractivity contribution in [1.82, 2.24) is 0 Å². The van der Waals surface area contributed by atoms with E-state index in [0.29, 0.717) is 38.4 Å². The van der Waals surface area contributed by atoms with E-state index in [2.05, 4.69) is 15.9 Å². The minimum absolute atomic E-state index is 0.515. The SMILES string of the molecule is COc1ccc(C(O)c2cc(Br)c(OC)c(OC)c2)c(C(OC)OC)c1. The molecule has 2 aromatic carbocycles. The molecule has 2 rings (SSSR count). The highest BCUT2D eigenvalue weighted by atomic mass is 79.9. The molecule has 1 N–H and O–H groups in total. The lowest BCUT2D eigenvalue weighted by atomic mass is 9.95. The number of aliphatic hydroxyl groups is 1. The third kappa shape index (κ3) is 4.12. The summed E-state index contributed by atoms with van der Waals surface area (Å²) in [5, 5.41) is 11.0. The first-order chi connectivity index (χ1) is 12.5. The van der Waals surface area contributed by atoms with Crippen molar-refractivity contribution in [3.05, 3.63) is 51.5 Å². The highest BCUT2D eigenvalue weighted by molar-refractivity contribution is 9.10. The van der Waals surface area contributed by atoms with Crippen LogP contribution in [-0.4, -0.2) is 40.7 Å². The Morgan fingerprint density at radius 1 is 0.846 bits per heavy atom. The molecule has 0 saturated heterocycles. The summed E-state index contributed by atoms with van der Waals surface area (Å²) in [6.07, 6.45) is -1.57. The molecule has 26 heavy (non-hydrogen) atoms. The van der Waals surface area contributed by atoms with E-state index in [1.165, 1.54) is 14.2 Å². The van der Waals surface area contributed by atoms with Crippen LogP contribution in [0.2, 0.25) is 0 Å². The number of hydrogen-bond acceptors (Lipinski definition) is 6. The second kappa shape index (κ2) is 9.23. The zero-order chi connectivity index (χ0) is 19.3. The number of ether oxygens (including phenoxy) is 5. The van der Waals surface area contributed by atoms with Gasteiger partial charge in [0.25, 0.3) is 0 Å². The normalized spacial score (nSPS) is 12.2. The molecule has 0 radical (unpaired) electrons. The maximum absolute atomic E-state index is 11.0. The van der Waals surface area contributed by atoms with E-state index in [1.807, 2.05) is 0 Å². The van der Waals surface area contributed by atoms with E-state index >= 15 is 0 Å². The molecule has 0 aliphatic rings. The first kappa shape index (κ1) is 20.5. The molecule has 0 spiro atoms. The molecule has 1 atom stereocenters. The van der Waals surface area contributed by atoms with Crippen LogP contribution in [0.5, 0.6) is 17.2 Å². The van der Waals surface area contributed by atoms with Gasteiger partial charge in [0.1, 0.15) is 11.9 Å². The monoisotopic (exact) mass is 426 g/mol. The fourth-order valence-corrected chi connectivity index (χ4v) is 3.38. The summed E-state index contributed by atoms with van der Waals surface area (Å²) in [5.74, 6) is 1.72. The van der Waals surface area contributed by atoms with E-state index in [-0.39, 0.29) is 0 Å². The molecule has 0 aromatic heterocycles. The maximum Gasteiger partial charge on any atom is 0.183 e. The fourth-order valence-electron chi connectivity index (χ4n) is 2.76. The Hall–Kier alpha value is -1.80. The van der Waals surface area contributed by atoms with Crippen LogP contribution in [-0.2, 0) is 9.47 Å². The predicted octanol–water partition coefficient (Wildman–Crippen LogP) is 3.85. The summed E-state index contributed by atoms with van der Waals surface area (Å²) in [5.41, 5.74) is 1.94. The second-order valence-corrected chi connectivity index (χ2v) is 6.29. The van der Waals surface area contributed by atoms with Crippen LogP contribution in [0.25, 0.3) is 0 Å². The van der Waals surface area contributed by atoms with Gasteiger partial charge in [-0.05, 0) is 51.3 Å². The van der Waals surface area contributed by atoms with Gasteiger partial charge >= 0.3 is 0 Å². The molecular formula is C19H23BrO6. The third-order valence-corrected chi connectivity index (χ3v) is 4.63. The van der Waals surface area contributed by atoms with Crippen molar-refractivity contribution in [1.29, 1.82) is 0 Å². The van der Waals surface area contributed by atoms with E-state index in [1.54, 1.807) is 51.7 Å². The van der Waals surface area contributed by atoms with Gasteiger partial charge in [0.2, 0.25) is 0 Å². The molecule has 2 aromatic rings. The van der Waals surface area contributed by atoms with Crippen LogP contribution in [0.3, 0.4) is 0 Å². The Kier molecular flexibility index (Phi) is 7.28. The predicted molar refractivity (Wildman–Crippen MR) is 101 cm³/mol. The summed E-state index contributed by atoms with van der Waals surface area (Å²) < 4.78 is 27.4. The van der Waals surface area contributed by atoms with Crippen molar-refractivity contribution in [2.45, 2.75) is 12.4 Å². The van der Waals surface area contributed by atoms with Gasteiger partial charge in [0.05, 0.1) is 25.8 Å². The number of benzene rings is 2. The van der Waals surface area contributed by atoms with Gasteiger partial charge in [0, 0.05) is 19.8 Å². The first-order valence-electron chi connectivity index (χ1n) is 7.83. The van der Waals surface area contributed by atoms with Crippen molar-refractivity contribution in [2.75, 3.05) is 35.5 Å². The van der Waals surface area contributed by atoms with Gasteiger partial charge in [-0.15, -0.1) is 0 Å². The van der Waals surface area contributed by atoms with Gasteiger partial charge < -0.3 is 28.8 Å². The minimum atomic E-state index is -0.931.